The van der Waals surface area contributed by atoms with E-state index in [4.69, 9.17) is 54.0 Å². The van der Waals surface area contributed by atoms with E-state index in [9.17, 15) is 0 Å². The molecule has 2 aromatic heterocycles. The van der Waals surface area contributed by atoms with Gasteiger partial charge in [-0.3, -0.25) is 0 Å². The average molecular weight is 482 g/mol. The van der Waals surface area contributed by atoms with Crippen molar-refractivity contribution in [3.63, 3.8) is 0 Å². The number of nitrogens with zero attached hydrogens (tertiary/aromatic N) is 4. The van der Waals surface area contributed by atoms with E-state index in [0.717, 1.165) is 43.9 Å². The van der Waals surface area contributed by atoms with Crippen LogP contribution in [0.2, 0.25) is 15.2 Å². The van der Waals surface area contributed by atoms with Gasteiger partial charge in [0, 0.05) is 36.6 Å². The highest BCUT2D eigenvalue weighted by Crippen LogP contribution is 2.47. The zero-order valence-electron chi connectivity index (χ0n) is 16.9. The lowest BCUT2D eigenvalue weighted by atomic mass is 9.79. The normalized spacial score (nSPS) is 17.3. The van der Waals surface area contributed by atoms with Crippen LogP contribution in [0.25, 0.3) is 22.3 Å². The Hall–Kier alpha value is -2.06. The molecule has 1 aromatic carbocycles. The third-order valence-corrected chi connectivity index (χ3v) is 6.82. The van der Waals surface area contributed by atoms with Gasteiger partial charge in [0.1, 0.15) is 22.5 Å². The third kappa shape index (κ3) is 3.44. The van der Waals surface area contributed by atoms with Crippen LogP contribution in [0.3, 0.4) is 0 Å². The Bertz CT molecular complexity index is 1150. The molecule has 2 aliphatic rings. The lowest BCUT2D eigenvalue weighted by molar-refractivity contribution is 0.131. The first-order valence-electron chi connectivity index (χ1n) is 9.71. The molecule has 0 bridgehead atoms. The van der Waals surface area contributed by atoms with Crippen molar-refractivity contribution in [1.29, 1.82) is 0 Å². The fraction of sp³-hybridized carbons (Fsp3) is 0.381. The Balaban J connectivity index is 1.69. The van der Waals surface area contributed by atoms with Crippen molar-refractivity contribution in [2.24, 2.45) is 5.41 Å². The van der Waals surface area contributed by atoms with Crippen LogP contribution in [0.1, 0.15) is 6.42 Å². The van der Waals surface area contributed by atoms with E-state index < -0.39 is 0 Å². The molecule has 0 amide bonds. The summed E-state index contributed by atoms with van der Waals surface area (Å²) in [6.45, 7) is 3.27. The monoisotopic (exact) mass is 480 g/mol. The summed E-state index contributed by atoms with van der Waals surface area (Å²) in [6.07, 6.45) is 2.67. The molecule has 1 spiro atoms. The summed E-state index contributed by atoms with van der Waals surface area (Å²) < 4.78 is 16.4. The fourth-order valence-electron chi connectivity index (χ4n) is 4.24. The Morgan fingerprint density at radius 2 is 1.74 bits per heavy atom. The number of pyridine rings is 1. The van der Waals surface area contributed by atoms with Crippen LogP contribution in [0.4, 0.5) is 5.82 Å². The molecule has 162 valence electrons. The number of hydrogen-bond acceptors (Lipinski definition) is 7. The molecule has 5 rings (SSSR count). The van der Waals surface area contributed by atoms with E-state index in [1.165, 1.54) is 14.2 Å². The van der Waals surface area contributed by atoms with E-state index >= 15 is 0 Å². The van der Waals surface area contributed by atoms with Crippen LogP contribution in [-0.4, -0.2) is 55.5 Å². The van der Waals surface area contributed by atoms with Gasteiger partial charge < -0.3 is 19.1 Å². The molecule has 3 aromatic rings. The zero-order chi connectivity index (χ0) is 21.8. The highest BCUT2D eigenvalue weighted by Gasteiger charge is 2.46. The van der Waals surface area contributed by atoms with Gasteiger partial charge in [0.05, 0.1) is 48.1 Å². The Morgan fingerprint density at radius 1 is 1.03 bits per heavy atom. The topological polar surface area (TPSA) is 69.6 Å². The second-order valence-electron chi connectivity index (χ2n) is 7.84. The first-order chi connectivity index (χ1) is 14.9. The minimum Gasteiger partial charge on any atom is -0.495 e. The summed E-state index contributed by atoms with van der Waals surface area (Å²) in [6, 6.07) is 3.41. The average Bonchev–Trinajstić information content (AvgIpc) is 3.23. The van der Waals surface area contributed by atoms with Gasteiger partial charge >= 0.3 is 0 Å². The second-order valence-corrected chi connectivity index (χ2v) is 8.98. The highest BCUT2D eigenvalue weighted by molar-refractivity contribution is 6.41. The van der Waals surface area contributed by atoms with Crippen molar-refractivity contribution in [3.05, 3.63) is 33.5 Å². The highest BCUT2D eigenvalue weighted by atomic mass is 35.5. The predicted molar refractivity (Wildman–Crippen MR) is 121 cm³/mol. The minimum absolute atomic E-state index is 0.183. The van der Waals surface area contributed by atoms with E-state index in [2.05, 4.69) is 14.9 Å². The molecule has 0 N–H and O–H groups in total. The number of fused-ring (bicyclic) bond motifs is 1. The molecule has 0 unspecified atom stereocenters. The Morgan fingerprint density at radius 3 is 2.35 bits per heavy atom. The fourth-order valence-corrected chi connectivity index (χ4v) is 5.07. The van der Waals surface area contributed by atoms with Gasteiger partial charge in [-0.15, -0.1) is 0 Å². The SMILES string of the molecule is COc1cc(OC)c(Cl)c(-c2nc(N3CC4(CCOC4)C3)c3cc(Cl)ncc3n2)c1Cl. The summed E-state index contributed by atoms with van der Waals surface area (Å²) in [7, 11) is 3.06. The summed E-state index contributed by atoms with van der Waals surface area (Å²) in [5.41, 5.74) is 1.27. The molecule has 0 radical (unpaired) electrons. The zero-order valence-corrected chi connectivity index (χ0v) is 19.2. The van der Waals surface area contributed by atoms with Crippen molar-refractivity contribution in [1.82, 2.24) is 15.0 Å². The lowest BCUT2D eigenvalue weighted by Gasteiger charge is -2.48. The maximum absolute atomic E-state index is 6.62. The molecular formula is C21H19Cl3N4O3. The first-order valence-corrected chi connectivity index (χ1v) is 10.8. The largest absolute Gasteiger partial charge is 0.495 e. The molecule has 2 saturated heterocycles. The summed E-state index contributed by atoms with van der Waals surface area (Å²) >= 11 is 19.4. The van der Waals surface area contributed by atoms with Crippen molar-refractivity contribution in [2.45, 2.75) is 6.42 Å². The molecule has 7 nitrogen and oxygen atoms in total. The number of halogens is 3. The first kappa shape index (κ1) is 20.8. The van der Waals surface area contributed by atoms with Gasteiger partial charge in [0.2, 0.25) is 0 Å². The van der Waals surface area contributed by atoms with Crippen molar-refractivity contribution in [2.75, 3.05) is 45.4 Å². The maximum Gasteiger partial charge on any atom is 0.165 e. The number of rotatable bonds is 4. The van der Waals surface area contributed by atoms with Crippen LogP contribution in [-0.2, 0) is 4.74 Å². The van der Waals surface area contributed by atoms with E-state index in [-0.39, 0.29) is 5.41 Å². The molecule has 31 heavy (non-hydrogen) atoms. The third-order valence-electron chi connectivity index (χ3n) is 5.86. The standard InChI is InChI=1S/C21H19Cl3N4O3/c1-29-13-6-14(30-2)18(24)16(17(13)23)19-26-12-7-25-15(22)5-11(12)20(27-19)28-8-21(9-28)3-4-31-10-21/h5-7H,3-4,8-10H2,1-2H3. The van der Waals surface area contributed by atoms with Crippen LogP contribution in [0, 0.1) is 5.41 Å². The van der Waals surface area contributed by atoms with Gasteiger partial charge in [-0.1, -0.05) is 34.8 Å². The van der Waals surface area contributed by atoms with E-state index in [1.807, 2.05) is 0 Å². The van der Waals surface area contributed by atoms with Crippen LogP contribution < -0.4 is 14.4 Å². The van der Waals surface area contributed by atoms with Gasteiger partial charge in [0.25, 0.3) is 0 Å². The van der Waals surface area contributed by atoms with Crippen LogP contribution in [0.5, 0.6) is 11.5 Å². The molecule has 4 heterocycles. The minimum atomic E-state index is 0.183. The van der Waals surface area contributed by atoms with Gasteiger partial charge in [0.15, 0.2) is 5.82 Å². The van der Waals surface area contributed by atoms with Crippen molar-refractivity contribution >= 4 is 51.5 Å². The Labute approximate surface area is 194 Å². The van der Waals surface area contributed by atoms with E-state index in [1.54, 1.807) is 18.3 Å². The van der Waals surface area contributed by atoms with Gasteiger partial charge in [-0.2, -0.15) is 0 Å². The van der Waals surface area contributed by atoms with Crippen LogP contribution in [0.15, 0.2) is 18.3 Å². The smallest absolute Gasteiger partial charge is 0.165 e. The summed E-state index contributed by atoms with van der Waals surface area (Å²) in [4.78, 5) is 16.0. The maximum atomic E-state index is 6.62. The summed E-state index contributed by atoms with van der Waals surface area (Å²) in [5.74, 6) is 1.96. The molecule has 2 fully saturated rings. The molecule has 2 aliphatic heterocycles. The van der Waals surface area contributed by atoms with Crippen molar-refractivity contribution < 1.29 is 14.2 Å². The number of methoxy groups -OCH3 is 2. The number of hydrogen-bond donors (Lipinski definition) is 0. The summed E-state index contributed by atoms with van der Waals surface area (Å²) in [5, 5.41) is 1.82. The van der Waals surface area contributed by atoms with Crippen molar-refractivity contribution in [3.8, 4) is 22.9 Å². The van der Waals surface area contributed by atoms with E-state index in [0.29, 0.717) is 43.6 Å². The Kier molecular flexibility index (Phi) is 5.25. The second kappa shape index (κ2) is 7.81. The molecule has 0 aliphatic carbocycles. The number of anilines is 1. The number of aromatic nitrogens is 3. The molecule has 0 saturated carbocycles. The molecule has 0 atom stereocenters. The number of ether oxygens (including phenoxy) is 3. The quantitative estimate of drug-likeness (QED) is 0.491. The van der Waals surface area contributed by atoms with Gasteiger partial charge in [-0.25, -0.2) is 15.0 Å². The number of benzene rings is 1. The van der Waals surface area contributed by atoms with Gasteiger partial charge in [-0.05, 0) is 12.5 Å². The lowest BCUT2D eigenvalue weighted by Crippen LogP contribution is -2.57. The molecule has 10 heteroatoms. The van der Waals surface area contributed by atoms with Crippen LogP contribution >= 0.6 is 34.8 Å². The molecular weight excluding hydrogens is 463 g/mol. The predicted octanol–water partition coefficient (Wildman–Crippen LogP) is 4.90.